The van der Waals surface area contributed by atoms with E-state index in [1.807, 2.05) is 10.6 Å². The Morgan fingerprint density at radius 2 is 1.76 bits per heavy atom. The molecule has 1 heterocycles. The number of esters is 1. The number of nitrogens with zero attached hydrogens (tertiary/aromatic N) is 1. The summed E-state index contributed by atoms with van der Waals surface area (Å²) in [5, 5.41) is 0. The molecular weight excluding hydrogens is 314 g/mol. The molecule has 1 saturated carbocycles. The van der Waals surface area contributed by atoms with Crippen molar-refractivity contribution in [1.29, 1.82) is 0 Å². The smallest absolute Gasteiger partial charge is 0.343 e. The summed E-state index contributed by atoms with van der Waals surface area (Å²) < 4.78 is 7.10. The number of carbonyl (C=O) groups excluding carboxylic acids is 1. The summed E-state index contributed by atoms with van der Waals surface area (Å²) in [6, 6.07) is 1.83. The van der Waals surface area contributed by atoms with Crippen molar-refractivity contribution in [2.45, 2.75) is 84.1 Å². The fourth-order valence-electron chi connectivity index (χ4n) is 4.41. The number of pyridine rings is 1. The molecule has 4 nitrogen and oxygen atoms in total. The van der Waals surface area contributed by atoms with Crippen LogP contribution in [0.15, 0.2) is 10.9 Å². The minimum Gasteiger partial charge on any atom is -0.462 e. The molecule has 1 aromatic rings. The lowest BCUT2D eigenvalue weighted by molar-refractivity contribution is 0.0523. The molecule has 0 bridgehead atoms. The molecular formula is C21H31NO3. The fourth-order valence-corrected chi connectivity index (χ4v) is 4.41. The van der Waals surface area contributed by atoms with E-state index >= 15 is 0 Å². The van der Waals surface area contributed by atoms with Gasteiger partial charge in [0.05, 0.1) is 6.61 Å². The van der Waals surface area contributed by atoms with Gasteiger partial charge in [0.2, 0.25) is 0 Å². The molecule has 0 radical (unpaired) electrons. The molecule has 0 aromatic carbocycles. The van der Waals surface area contributed by atoms with Gasteiger partial charge in [-0.2, -0.15) is 0 Å². The van der Waals surface area contributed by atoms with Gasteiger partial charge in [0.15, 0.2) is 0 Å². The highest BCUT2D eigenvalue weighted by molar-refractivity contribution is 5.89. The molecule has 1 aromatic heterocycles. The summed E-state index contributed by atoms with van der Waals surface area (Å²) in [4.78, 5) is 25.4. The van der Waals surface area contributed by atoms with Crippen molar-refractivity contribution in [2.75, 3.05) is 6.61 Å². The van der Waals surface area contributed by atoms with E-state index in [9.17, 15) is 9.59 Å². The molecule has 0 aliphatic heterocycles. The Morgan fingerprint density at radius 1 is 1.08 bits per heavy atom. The first kappa shape index (κ1) is 18.2. The largest absolute Gasteiger partial charge is 0.462 e. The topological polar surface area (TPSA) is 48.3 Å². The summed E-state index contributed by atoms with van der Waals surface area (Å²) in [5.41, 5.74) is 2.47. The average Bonchev–Trinajstić information content (AvgIpc) is 2.59. The van der Waals surface area contributed by atoms with Gasteiger partial charge in [0.25, 0.3) is 5.56 Å². The van der Waals surface area contributed by atoms with Crippen molar-refractivity contribution in [1.82, 2.24) is 4.57 Å². The first-order chi connectivity index (χ1) is 12.2. The summed E-state index contributed by atoms with van der Waals surface area (Å²) in [6.45, 7) is 2.86. The van der Waals surface area contributed by atoms with Crippen LogP contribution in [0.3, 0.4) is 0 Å². The van der Waals surface area contributed by atoms with Crippen LogP contribution < -0.4 is 5.56 Å². The third kappa shape index (κ3) is 4.34. The van der Waals surface area contributed by atoms with Crippen molar-refractivity contribution in [3.05, 3.63) is 33.2 Å². The van der Waals surface area contributed by atoms with Crippen molar-refractivity contribution in [3.8, 4) is 0 Å². The number of aromatic nitrogens is 1. The van der Waals surface area contributed by atoms with Gasteiger partial charge in [-0.05, 0) is 63.0 Å². The van der Waals surface area contributed by atoms with E-state index < -0.39 is 5.97 Å². The van der Waals surface area contributed by atoms with Gasteiger partial charge >= 0.3 is 5.97 Å². The maximum absolute atomic E-state index is 13.1. The Hall–Kier alpha value is -1.58. The molecule has 0 atom stereocenters. The minimum absolute atomic E-state index is 0.136. The number of carbonyl (C=O) groups is 1. The van der Waals surface area contributed by atoms with Crippen molar-refractivity contribution in [2.24, 2.45) is 5.92 Å². The monoisotopic (exact) mass is 345 g/mol. The molecule has 3 rings (SSSR count). The number of fused-ring (bicyclic) bond motifs is 1. The highest BCUT2D eigenvalue weighted by atomic mass is 16.5. The molecule has 0 spiro atoms. The van der Waals surface area contributed by atoms with Gasteiger partial charge in [-0.3, -0.25) is 4.79 Å². The van der Waals surface area contributed by atoms with E-state index in [2.05, 4.69) is 0 Å². The third-order valence-electron chi connectivity index (χ3n) is 5.76. The molecule has 4 heteroatoms. The van der Waals surface area contributed by atoms with Crippen LogP contribution in [0.25, 0.3) is 0 Å². The lowest BCUT2D eigenvalue weighted by Crippen LogP contribution is -2.34. The standard InChI is InChI=1S/C21H31NO3/c1-2-25-21(24)18-14-17-12-8-3-4-9-13-19(17)22(20(18)23)15-16-10-6-5-7-11-16/h14,16H,2-13,15H2,1H3. The van der Waals surface area contributed by atoms with Crippen LogP contribution in [-0.2, 0) is 24.1 Å². The van der Waals surface area contributed by atoms with Gasteiger partial charge in [0.1, 0.15) is 5.56 Å². The predicted octanol–water partition coefficient (Wildman–Crippen LogP) is 4.26. The summed E-state index contributed by atoms with van der Waals surface area (Å²) in [5.74, 6) is 0.105. The van der Waals surface area contributed by atoms with Crippen LogP contribution in [0.5, 0.6) is 0 Å². The molecule has 2 aliphatic carbocycles. The fraction of sp³-hybridized carbons (Fsp3) is 0.714. The third-order valence-corrected chi connectivity index (χ3v) is 5.76. The Bertz CT molecular complexity index is 656. The lowest BCUT2D eigenvalue weighted by Gasteiger charge is -2.26. The highest BCUT2D eigenvalue weighted by Crippen LogP contribution is 2.27. The average molecular weight is 345 g/mol. The van der Waals surface area contributed by atoms with Crippen LogP contribution in [0, 0.1) is 5.92 Å². The van der Waals surface area contributed by atoms with E-state index in [-0.39, 0.29) is 11.1 Å². The van der Waals surface area contributed by atoms with Crippen molar-refractivity contribution < 1.29 is 9.53 Å². The Kier molecular flexibility index (Phi) is 6.33. The summed E-state index contributed by atoms with van der Waals surface area (Å²) in [6.07, 6.45) is 12.9. The Labute approximate surface area is 150 Å². The molecule has 25 heavy (non-hydrogen) atoms. The van der Waals surface area contributed by atoms with Gasteiger partial charge in [0, 0.05) is 12.2 Å². The van der Waals surface area contributed by atoms with Gasteiger partial charge in [-0.15, -0.1) is 0 Å². The molecule has 0 unspecified atom stereocenters. The second kappa shape index (κ2) is 8.68. The number of aryl methyl sites for hydroxylation is 1. The van der Waals surface area contributed by atoms with E-state index in [1.165, 1.54) is 56.2 Å². The summed E-state index contributed by atoms with van der Waals surface area (Å²) in [7, 11) is 0. The van der Waals surface area contributed by atoms with Crippen LogP contribution in [0.2, 0.25) is 0 Å². The molecule has 1 fully saturated rings. The van der Waals surface area contributed by atoms with Gasteiger partial charge in [-0.25, -0.2) is 4.79 Å². The zero-order valence-corrected chi connectivity index (χ0v) is 15.5. The van der Waals surface area contributed by atoms with Gasteiger partial charge < -0.3 is 9.30 Å². The van der Waals surface area contributed by atoms with Gasteiger partial charge in [-0.1, -0.05) is 32.1 Å². The number of ether oxygens (including phenoxy) is 1. The first-order valence-corrected chi connectivity index (χ1v) is 10.1. The van der Waals surface area contributed by atoms with E-state index in [0.717, 1.165) is 32.2 Å². The summed E-state index contributed by atoms with van der Waals surface area (Å²) >= 11 is 0. The molecule has 0 amide bonds. The van der Waals surface area contributed by atoms with Crippen LogP contribution in [-0.4, -0.2) is 17.1 Å². The second-order valence-corrected chi connectivity index (χ2v) is 7.58. The van der Waals surface area contributed by atoms with Crippen LogP contribution >= 0.6 is 0 Å². The SMILES string of the molecule is CCOC(=O)c1cc2c(n(CC3CCCCC3)c1=O)CCCCCC2. The number of rotatable bonds is 4. The maximum atomic E-state index is 13.1. The van der Waals surface area contributed by atoms with E-state index in [4.69, 9.17) is 4.74 Å². The maximum Gasteiger partial charge on any atom is 0.343 e. The lowest BCUT2D eigenvalue weighted by atomic mass is 9.88. The zero-order valence-electron chi connectivity index (χ0n) is 15.5. The van der Waals surface area contributed by atoms with Crippen molar-refractivity contribution >= 4 is 5.97 Å². The Balaban J connectivity index is 2.01. The molecule has 0 saturated heterocycles. The van der Waals surface area contributed by atoms with Crippen LogP contribution in [0.4, 0.5) is 0 Å². The van der Waals surface area contributed by atoms with Crippen LogP contribution in [0.1, 0.15) is 86.3 Å². The second-order valence-electron chi connectivity index (χ2n) is 7.58. The highest BCUT2D eigenvalue weighted by Gasteiger charge is 2.23. The molecule has 138 valence electrons. The van der Waals surface area contributed by atoms with E-state index in [1.54, 1.807) is 6.92 Å². The number of hydrogen-bond donors (Lipinski definition) is 0. The number of hydrogen-bond acceptors (Lipinski definition) is 3. The minimum atomic E-state index is -0.463. The quantitative estimate of drug-likeness (QED) is 0.766. The zero-order chi connectivity index (χ0) is 17.6. The van der Waals surface area contributed by atoms with Crippen molar-refractivity contribution in [3.63, 3.8) is 0 Å². The van der Waals surface area contributed by atoms with E-state index in [0.29, 0.717) is 12.5 Å². The molecule has 2 aliphatic rings. The molecule has 0 N–H and O–H groups in total. The first-order valence-electron chi connectivity index (χ1n) is 10.1. The Morgan fingerprint density at radius 3 is 2.48 bits per heavy atom. The predicted molar refractivity (Wildman–Crippen MR) is 99.1 cm³/mol. The normalized spacial score (nSPS) is 18.9.